The van der Waals surface area contributed by atoms with Gasteiger partial charge in [-0.15, -0.1) is 0 Å². The van der Waals surface area contributed by atoms with E-state index in [4.69, 9.17) is 19.5 Å². The van der Waals surface area contributed by atoms with Crippen LogP contribution in [-0.4, -0.2) is 38.9 Å². The van der Waals surface area contributed by atoms with E-state index >= 15 is 0 Å². The number of nitrogens with zero attached hydrogens (tertiary/aromatic N) is 2. The molecule has 0 aliphatic heterocycles. The van der Waals surface area contributed by atoms with Crippen LogP contribution in [0.15, 0.2) is 40.9 Å². The molecule has 0 saturated heterocycles. The molecule has 0 aliphatic rings. The Hall–Kier alpha value is -3.25. The minimum absolute atomic E-state index is 0.255. The van der Waals surface area contributed by atoms with Crippen molar-refractivity contribution in [3.8, 4) is 17.6 Å². The Morgan fingerprint density at radius 1 is 1.13 bits per heavy atom. The number of rotatable bonds is 8. The molecular formula is C21H22BrN3O5. The van der Waals surface area contributed by atoms with Gasteiger partial charge in [0.05, 0.1) is 29.3 Å². The third kappa shape index (κ3) is 6.12. The lowest BCUT2D eigenvalue weighted by Gasteiger charge is -2.17. The first-order valence-electron chi connectivity index (χ1n) is 9.19. The van der Waals surface area contributed by atoms with Crippen LogP contribution in [-0.2, 0) is 9.53 Å². The molecule has 0 heterocycles. The number of carbonyl (C=O) groups excluding carboxylic acids is 2. The molecule has 158 valence electrons. The minimum Gasteiger partial charge on any atom is -0.490 e. The van der Waals surface area contributed by atoms with Crippen molar-refractivity contribution in [1.82, 2.24) is 0 Å². The number of hydrogen-bond acceptors (Lipinski definition) is 6. The Kier molecular flexibility index (Phi) is 8.50. The minimum atomic E-state index is -0.458. The standard InChI is InChI=1S/C21H22BrN3O5/c1-4-28-18-11-14(12-23)10-17(22)20(18)30-13-19(26)24-15-6-8-16(9-7-15)25(3)21(27)29-5-2/h6-11H,4-5,13H2,1-3H3,(H,24,26). The van der Waals surface area contributed by atoms with Gasteiger partial charge in [0.15, 0.2) is 18.1 Å². The number of halogens is 1. The van der Waals surface area contributed by atoms with Crippen molar-refractivity contribution in [3.63, 3.8) is 0 Å². The molecule has 2 aromatic carbocycles. The quantitative estimate of drug-likeness (QED) is 0.609. The smallest absolute Gasteiger partial charge is 0.413 e. The highest BCUT2D eigenvalue weighted by Crippen LogP contribution is 2.36. The molecule has 0 fully saturated rings. The summed E-state index contributed by atoms with van der Waals surface area (Å²) in [6, 6.07) is 11.9. The molecule has 2 amide bonds. The fourth-order valence-electron chi connectivity index (χ4n) is 2.46. The highest BCUT2D eigenvalue weighted by Gasteiger charge is 2.15. The number of anilines is 2. The van der Waals surface area contributed by atoms with Crippen molar-refractivity contribution in [3.05, 3.63) is 46.4 Å². The van der Waals surface area contributed by atoms with Crippen molar-refractivity contribution >= 4 is 39.3 Å². The Bertz CT molecular complexity index is 941. The van der Waals surface area contributed by atoms with Gasteiger partial charge in [-0.25, -0.2) is 4.79 Å². The molecule has 0 spiro atoms. The molecule has 0 aromatic heterocycles. The van der Waals surface area contributed by atoms with E-state index in [0.29, 0.717) is 39.5 Å². The van der Waals surface area contributed by atoms with Gasteiger partial charge in [-0.3, -0.25) is 9.69 Å². The summed E-state index contributed by atoms with van der Waals surface area (Å²) in [5.74, 6) is 0.347. The maximum absolute atomic E-state index is 12.3. The van der Waals surface area contributed by atoms with E-state index in [9.17, 15) is 9.59 Å². The largest absolute Gasteiger partial charge is 0.490 e. The molecular weight excluding hydrogens is 454 g/mol. The third-order valence-corrected chi connectivity index (χ3v) is 4.46. The molecule has 0 bridgehead atoms. The van der Waals surface area contributed by atoms with Crippen LogP contribution in [0.25, 0.3) is 0 Å². The lowest BCUT2D eigenvalue weighted by Crippen LogP contribution is -2.27. The van der Waals surface area contributed by atoms with E-state index in [1.165, 1.54) is 4.90 Å². The Morgan fingerprint density at radius 2 is 1.83 bits per heavy atom. The van der Waals surface area contributed by atoms with Gasteiger partial charge < -0.3 is 19.5 Å². The molecule has 0 radical (unpaired) electrons. The zero-order valence-corrected chi connectivity index (χ0v) is 18.5. The Balaban J connectivity index is 2.00. The predicted molar refractivity (Wildman–Crippen MR) is 116 cm³/mol. The van der Waals surface area contributed by atoms with Crippen molar-refractivity contribution in [1.29, 1.82) is 5.26 Å². The van der Waals surface area contributed by atoms with E-state index < -0.39 is 6.09 Å². The molecule has 8 nitrogen and oxygen atoms in total. The number of nitriles is 1. The molecule has 0 atom stereocenters. The second-order valence-corrected chi connectivity index (χ2v) is 6.83. The summed E-state index contributed by atoms with van der Waals surface area (Å²) >= 11 is 3.34. The van der Waals surface area contributed by atoms with Crippen LogP contribution in [0, 0.1) is 11.3 Å². The fraction of sp³-hybridized carbons (Fsp3) is 0.286. The molecule has 0 saturated carbocycles. The number of hydrogen-bond donors (Lipinski definition) is 1. The molecule has 30 heavy (non-hydrogen) atoms. The van der Waals surface area contributed by atoms with Gasteiger partial charge in [-0.2, -0.15) is 5.26 Å². The first-order valence-corrected chi connectivity index (χ1v) is 9.98. The second-order valence-electron chi connectivity index (χ2n) is 5.97. The van der Waals surface area contributed by atoms with Crippen molar-refractivity contribution in [2.75, 3.05) is 37.1 Å². The van der Waals surface area contributed by atoms with Crippen LogP contribution in [0.3, 0.4) is 0 Å². The number of carbonyl (C=O) groups is 2. The summed E-state index contributed by atoms with van der Waals surface area (Å²) in [6.07, 6.45) is -0.458. The third-order valence-electron chi connectivity index (χ3n) is 3.87. The monoisotopic (exact) mass is 475 g/mol. The van der Waals surface area contributed by atoms with Crippen LogP contribution in [0.1, 0.15) is 19.4 Å². The average Bonchev–Trinajstić information content (AvgIpc) is 2.73. The Morgan fingerprint density at radius 3 is 2.43 bits per heavy atom. The van der Waals surface area contributed by atoms with Crippen LogP contribution in [0.4, 0.5) is 16.2 Å². The molecule has 1 N–H and O–H groups in total. The highest BCUT2D eigenvalue weighted by atomic mass is 79.9. The number of amides is 2. The van der Waals surface area contributed by atoms with Crippen molar-refractivity contribution in [2.45, 2.75) is 13.8 Å². The van der Waals surface area contributed by atoms with Crippen LogP contribution in [0.5, 0.6) is 11.5 Å². The van der Waals surface area contributed by atoms with Crippen molar-refractivity contribution < 1.29 is 23.8 Å². The van der Waals surface area contributed by atoms with Gasteiger partial charge in [-0.05, 0) is 60.1 Å². The van der Waals surface area contributed by atoms with E-state index in [1.54, 1.807) is 50.4 Å². The lowest BCUT2D eigenvalue weighted by atomic mass is 10.2. The number of benzene rings is 2. The fourth-order valence-corrected chi connectivity index (χ4v) is 3.02. The zero-order chi connectivity index (χ0) is 22.1. The topological polar surface area (TPSA) is 101 Å². The van der Waals surface area contributed by atoms with E-state index in [0.717, 1.165) is 0 Å². The summed E-state index contributed by atoms with van der Waals surface area (Å²) in [5, 5.41) is 11.8. The highest BCUT2D eigenvalue weighted by molar-refractivity contribution is 9.10. The van der Waals surface area contributed by atoms with Gasteiger partial charge in [0, 0.05) is 24.5 Å². The van der Waals surface area contributed by atoms with Crippen LogP contribution < -0.4 is 19.7 Å². The predicted octanol–water partition coefficient (Wildman–Crippen LogP) is 4.33. The van der Waals surface area contributed by atoms with Gasteiger partial charge in [0.25, 0.3) is 5.91 Å². The van der Waals surface area contributed by atoms with E-state index in [-0.39, 0.29) is 19.1 Å². The summed E-state index contributed by atoms with van der Waals surface area (Å²) in [7, 11) is 1.60. The summed E-state index contributed by atoms with van der Waals surface area (Å²) in [4.78, 5) is 25.4. The molecule has 2 rings (SSSR count). The van der Waals surface area contributed by atoms with Gasteiger partial charge in [0.2, 0.25) is 0 Å². The first-order chi connectivity index (χ1) is 14.4. The maximum atomic E-state index is 12.3. The summed E-state index contributed by atoms with van der Waals surface area (Å²) in [6.45, 7) is 3.97. The molecule has 2 aromatic rings. The van der Waals surface area contributed by atoms with Crippen molar-refractivity contribution in [2.24, 2.45) is 0 Å². The van der Waals surface area contributed by atoms with Gasteiger partial charge in [0.1, 0.15) is 0 Å². The van der Waals surface area contributed by atoms with E-state index in [1.807, 2.05) is 13.0 Å². The Labute approximate surface area is 183 Å². The first kappa shape index (κ1) is 23.0. The van der Waals surface area contributed by atoms with Gasteiger partial charge >= 0.3 is 6.09 Å². The van der Waals surface area contributed by atoms with Crippen LogP contribution >= 0.6 is 15.9 Å². The molecule has 0 unspecified atom stereocenters. The summed E-state index contributed by atoms with van der Waals surface area (Å²) in [5.41, 5.74) is 1.59. The number of nitrogens with one attached hydrogen (secondary N) is 1. The van der Waals surface area contributed by atoms with Crippen LogP contribution in [0.2, 0.25) is 0 Å². The van der Waals surface area contributed by atoms with Gasteiger partial charge in [-0.1, -0.05) is 0 Å². The lowest BCUT2D eigenvalue weighted by molar-refractivity contribution is -0.118. The zero-order valence-electron chi connectivity index (χ0n) is 16.9. The average molecular weight is 476 g/mol. The molecule has 9 heteroatoms. The summed E-state index contributed by atoms with van der Waals surface area (Å²) < 4.78 is 16.6. The maximum Gasteiger partial charge on any atom is 0.413 e. The van der Waals surface area contributed by atoms with E-state index in [2.05, 4.69) is 21.2 Å². The second kappa shape index (κ2) is 11.1. The molecule has 0 aliphatic carbocycles. The number of ether oxygens (including phenoxy) is 3. The SMILES string of the molecule is CCOC(=O)N(C)c1ccc(NC(=O)COc2c(Br)cc(C#N)cc2OCC)cc1. The normalized spacial score (nSPS) is 9.97.